The number of piperidine rings is 1. The molecule has 2 aliphatic heterocycles. The van der Waals surface area contributed by atoms with Crippen LogP contribution in [-0.2, 0) is 42.6 Å². The van der Waals surface area contributed by atoms with Crippen molar-refractivity contribution in [2.75, 3.05) is 13.1 Å². The van der Waals surface area contributed by atoms with Crippen molar-refractivity contribution >= 4 is 23.7 Å². The summed E-state index contributed by atoms with van der Waals surface area (Å²) in [6, 6.07) is 0.744. The zero-order valence-corrected chi connectivity index (χ0v) is 16.1. The number of carbonyl (C=O) groups excluding carboxylic acids is 4. The Hall–Kier alpha value is -1.38. The van der Waals surface area contributed by atoms with Crippen molar-refractivity contribution in [3.63, 3.8) is 0 Å². The predicted molar refractivity (Wildman–Crippen MR) is 84.3 cm³/mol. The van der Waals surface area contributed by atoms with Gasteiger partial charge in [-0.15, -0.1) is 5.06 Å². The van der Waals surface area contributed by atoms with Gasteiger partial charge in [0.1, 0.15) is 0 Å². The fourth-order valence-corrected chi connectivity index (χ4v) is 3.12. The predicted octanol–water partition coefficient (Wildman–Crippen LogP) is 0.360. The van der Waals surface area contributed by atoms with Crippen molar-refractivity contribution in [2.45, 2.75) is 64.5 Å². The van der Waals surface area contributed by atoms with Crippen LogP contribution in [0.3, 0.4) is 0 Å². The number of imide groups is 1. The smallest absolute Gasteiger partial charge is 0.334 e. The summed E-state index contributed by atoms with van der Waals surface area (Å²) in [5.41, 5.74) is 0. The van der Waals surface area contributed by atoms with Crippen LogP contribution in [0.2, 0.25) is 0 Å². The van der Waals surface area contributed by atoms with E-state index < -0.39 is 17.8 Å². The van der Waals surface area contributed by atoms with Crippen molar-refractivity contribution in [3.05, 3.63) is 0 Å². The molecule has 0 aromatic heterocycles. The molecule has 2 aliphatic rings. The molecule has 0 aromatic carbocycles. The summed E-state index contributed by atoms with van der Waals surface area (Å²) in [7, 11) is 0. The van der Waals surface area contributed by atoms with E-state index in [9.17, 15) is 19.2 Å². The van der Waals surface area contributed by atoms with Crippen molar-refractivity contribution < 1.29 is 42.6 Å². The molecule has 139 valence electrons. The molecule has 2 heterocycles. The molecule has 0 bridgehead atoms. The number of likely N-dealkylation sites (tertiary alicyclic amines) is 1. The topological polar surface area (TPSA) is 96.0 Å². The molecule has 3 amide bonds. The fraction of sp³-hybridized carbons (Fsp3) is 0.750. The summed E-state index contributed by atoms with van der Waals surface area (Å²) in [6.07, 6.45) is 3.39. The third-order valence-electron chi connectivity index (χ3n) is 4.55. The average molecular weight is 394 g/mol. The molecule has 2 atom stereocenters. The van der Waals surface area contributed by atoms with E-state index in [1.54, 1.807) is 0 Å². The maximum Gasteiger partial charge on any atom is 0.334 e. The molecule has 8 nitrogen and oxygen atoms in total. The molecule has 9 heteroatoms. The third kappa shape index (κ3) is 6.13. The molecule has 0 spiro atoms. The van der Waals surface area contributed by atoms with Gasteiger partial charge in [-0.1, -0.05) is 6.42 Å². The van der Waals surface area contributed by atoms with E-state index in [4.69, 9.17) is 4.84 Å². The second-order valence-electron chi connectivity index (χ2n) is 6.45. The van der Waals surface area contributed by atoms with Crippen molar-refractivity contribution in [2.24, 2.45) is 0 Å². The van der Waals surface area contributed by atoms with Gasteiger partial charge in [0, 0.05) is 50.0 Å². The number of hydrogen-bond donors (Lipinski definition) is 1. The maximum atomic E-state index is 12.0. The number of carbonyl (C=O) groups is 4. The Morgan fingerprint density at radius 3 is 2.24 bits per heavy atom. The molecule has 2 rings (SSSR count). The molecule has 1 N–H and O–H groups in total. The Balaban J connectivity index is 0.00000312. The van der Waals surface area contributed by atoms with Crippen LogP contribution in [0.4, 0.5) is 0 Å². The number of rotatable bonds is 6. The standard InChI is InChI=1S/C16H25N3O5.V/c1-11-4-3-5-12(2)18(11)10-13(20)17-9-8-16(23)24-19-14(21)6-7-15(19)22;/h11-12H,3-10H2,1-2H3,(H,17,20);/t11-,12+;/i1+1,11+1,12+1,17+1;/m0./s1. The largest absolute Gasteiger partial charge is 0.354 e. The molecular weight excluding hydrogens is 369 g/mol. The third-order valence-corrected chi connectivity index (χ3v) is 4.55. The molecular formula is C16H25N3O5V. The van der Waals surface area contributed by atoms with Crippen LogP contribution in [-0.4, -0.2) is 58.8 Å². The number of hydroxylamine groups is 2. The van der Waals surface area contributed by atoms with Gasteiger partial charge in [0.15, 0.2) is 0 Å². The van der Waals surface area contributed by atoms with Crippen LogP contribution in [0, 0.1) is 0 Å². The van der Waals surface area contributed by atoms with Crippen LogP contribution < -0.4 is 5.32 Å². The van der Waals surface area contributed by atoms with E-state index >= 15 is 0 Å². The van der Waals surface area contributed by atoms with Gasteiger partial charge in [0.2, 0.25) is 5.91 Å². The minimum absolute atomic E-state index is 0. The first kappa shape index (κ1) is 21.7. The molecule has 0 saturated carbocycles. The Morgan fingerprint density at radius 2 is 1.68 bits per heavy atom. The Bertz CT molecular complexity index is 502. The van der Waals surface area contributed by atoms with Gasteiger partial charge in [0.05, 0.1) is 13.0 Å². The second kappa shape index (κ2) is 9.94. The van der Waals surface area contributed by atoms with Crippen molar-refractivity contribution in [3.8, 4) is 0 Å². The number of nitrogens with zero attached hydrogens (tertiary/aromatic N) is 2. The van der Waals surface area contributed by atoms with Gasteiger partial charge in [-0.05, 0) is 26.7 Å². The first-order valence-corrected chi connectivity index (χ1v) is 8.47. The zero-order chi connectivity index (χ0) is 17.7. The minimum Gasteiger partial charge on any atom is -0.354 e. The quantitative estimate of drug-likeness (QED) is 0.397. The Labute approximate surface area is 159 Å². The first-order valence-electron chi connectivity index (χ1n) is 8.47. The molecule has 2 saturated heterocycles. The van der Waals surface area contributed by atoms with Crippen LogP contribution in [0.25, 0.3) is 0 Å². The van der Waals surface area contributed by atoms with Gasteiger partial charge >= 0.3 is 5.97 Å². The number of hydrogen-bond acceptors (Lipinski definition) is 6. The van der Waals surface area contributed by atoms with E-state index in [2.05, 4.69) is 24.1 Å². The van der Waals surface area contributed by atoms with E-state index in [-0.39, 0.29) is 50.3 Å². The van der Waals surface area contributed by atoms with Gasteiger partial charge < -0.3 is 10.2 Å². The van der Waals surface area contributed by atoms with Gasteiger partial charge in [-0.25, -0.2) is 4.79 Å². The molecule has 0 unspecified atom stereocenters. The van der Waals surface area contributed by atoms with Crippen LogP contribution in [0.15, 0.2) is 0 Å². The van der Waals surface area contributed by atoms with E-state index in [1.807, 2.05) is 0 Å². The summed E-state index contributed by atoms with van der Waals surface area (Å²) in [5, 5.41) is 3.19. The van der Waals surface area contributed by atoms with Gasteiger partial charge in [-0.3, -0.25) is 19.3 Å². The average Bonchev–Trinajstić information content (AvgIpc) is 2.83. The van der Waals surface area contributed by atoms with E-state index in [0.717, 1.165) is 12.8 Å². The van der Waals surface area contributed by atoms with Crippen LogP contribution >= 0.6 is 0 Å². The summed E-state index contributed by atoms with van der Waals surface area (Å²) in [5.74, 6) is -1.87. The Kier molecular flexibility index (Phi) is 8.61. The maximum absolute atomic E-state index is 12.0. The van der Waals surface area contributed by atoms with E-state index in [0.29, 0.717) is 23.7 Å². The molecule has 2 fully saturated rings. The first-order chi connectivity index (χ1) is 11.4. The van der Waals surface area contributed by atoms with Crippen LogP contribution in [0.5, 0.6) is 0 Å². The molecule has 25 heavy (non-hydrogen) atoms. The molecule has 0 aromatic rings. The normalized spacial score (nSPS) is 24.0. The van der Waals surface area contributed by atoms with Crippen molar-refractivity contribution in [1.82, 2.24) is 15.3 Å². The monoisotopic (exact) mass is 394 g/mol. The second-order valence-corrected chi connectivity index (χ2v) is 6.45. The van der Waals surface area contributed by atoms with Gasteiger partial charge in [-0.2, -0.15) is 0 Å². The van der Waals surface area contributed by atoms with E-state index in [1.165, 1.54) is 6.42 Å². The summed E-state index contributed by atoms with van der Waals surface area (Å²) in [4.78, 5) is 53.2. The fourth-order valence-electron chi connectivity index (χ4n) is 3.12. The molecule has 1 radical (unpaired) electrons. The van der Waals surface area contributed by atoms with Crippen LogP contribution in [0.1, 0.15) is 52.4 Å². The summed E-state index contributed by atoms with van der Waals surface area (Å²) >= 11 is 0. The summed E-state index contributed by atoms with van der Waals surface area (Å²) < 4.78 is 0. The number of nitrogens with one attached hydrogen (secondary N) is 1. The molecule has 0 aliphatic carbocycles. The SMILES string of the molecule is C[13C@@H]1CCC[13C@H]([13CH3])N1CC(=O)[15NH]CCC(=O)ON1C(=O)CCC1=O.[V]. The Morgan fingerprint density at radius 1 is 1.12 bits per heavy atom. The van der Waals surface area contributed by atoms with Crippen molar-refractivity contribution in [1.29, 1.82) is 0 Å². The number of amides is 3. The van der Waals surface area contributed by atoms with Gasteiger partial charge in [0.25, 0.3) is 11.8 Å². The summed E-state index contributed by atoms with van der Waals surface area (Å²) in [6.45, 7) is 4.65. The zero-order valence-electron chi connectivity index (χ0n) is 14.7. The minimum atomic E-state index is -0.710.